The molecule has 0 aromatic rings. The van der Waals surface area contributed by atoms with Crippen molar-refractivity contribution in [2.24, 2.45) is 11.5 Å². The molecule has 6 nitrogen and oxygen atoms in total. The van der Waals surface area contributed by atoms with E-state index >= 15 is 0 Å². The molecule has 1 aliphatic heterocycles. The Labute approximate surface area is 133 Å². The predicted octanol–water partition coefficient (Wildman–Crippen LogP) is -1.47. The number of thioether (sulfide) groups is 1. The molecule has 1 heterocycles. The molecule has 2 atom stereocenters. The zero-order chi connectivity index (χ0) is 12.7. The third-order valence-electron chi connectivity index (χ3n) is 2.40. The molecular weight excluding hydrogens is 265 g/mol. The Balaban J connectivity index is 0.00000289. The number of ether oxygens (including phenoxy) is 1. The third-order valence-corrected chi connectivity index (χ3v) is 3.54. The van der Waals surface area contributed by atoms with Crippen LogP contribution in [0.5, 0.6) is 0 Å². The fraction of sp³-hybridized carbons (Fsp3) is 0.800. The van der Waals surface area contributed by atoms with Gasteiger partial charge in [0.05, 0.1) is 0 Å². The van der Waals surface area contributed by atoms with Crippen LogP contribution in [0.3, 0.4) is 0 Å². The standard InChI is InChI=1S/C10H19N3O3S.Na.H/c11-4-2-1-3-7(12)9(14)16-10(15)8-13-5-6-17-8;;/h7-8,13H,1-6,11-12H2;;/t7-,8?;;/m0../s1. The van der Waals surface area contributed by atoms with Crippen LogP contribution in [0.25, 0.3) is 0 Å². The Morgan fingerprint density at radius 3 is 2.72 bits per heavy atom. The summed E-state index contributed by atoms with van der Waals surface area (Å²) >= 11 is 1.43. The number of esters is 2. The van der Waals surface area contributed by atoms with Crippen LogP contribution in [0.1, 0.15) is 19.3 Å². The Kier molecular flexibility index (Phi) is 10.4. The van der Waals surface area contributed by atoms with Crippen LogP contribution in [-0.2, 0) is 14.3 Å². The van der Waals surface area contributed by atoms with E-state index in [-0.39, 0.29) is 29.6 Å². The maximum atomic E-state index is 11.5. The molecule has 100 valence electrons. The first-order valence-corrected chi connectivity index (χ1v) is 6.76. The van der Waals surface area contributed by atoms with Gasteiger partial charge in [0, 0.05) is 12.3 Å². The average molecular weight is 285 g/mol. The van der Waals surface area contributed by atoms with Crippen molar-refractivity contribution in [1.82, 2.24) is 5.32 Å². The minimum atomic E-state index is -0.739. The number of nitrogens with one attached hydrogen (secondary N) is 1. The van der Waals surface area contributed by atoms with Gasteiger partial charge >= 0.3 is 41.5 Å². The van der Waals surface area contributed by atoms with Gasteiger partial charge in [0.15, 0.2) is 5.37 Å². The first-order valence-electron chi connectivity index (χ1n) is 5.71. The number of nitrogens with two attached hydrogens (primary N) is 2. The van der Waals surface area contributed by atoms with E-state index in [9.17, 15) is 9.59 Å². The van der Waals surface area contributed by atoms with Gasteiger partial charge in [-0.2, -0.15) is 0 Å². The van der Waals surface area contributed by atoms with Gasteiger partial charge in [-0.15, -0.1) is 11.8 Å². The summed E-state index contributed by atoms with van der Waals surface area (Å²) in [5.74, 6) is -0.357. The summed E-state index contributed by atoms with van der Waals surface area (Å²) in [5, 5.41) is 2.50. The van der Waals surface area contributed by atoms with E-state index in [1.54, 1.807) is 0 Å². The van der Waals surface area contributed by atoms with E-state index in [0.717, 1.165) is 25.1 Å². The predicted molar refractivity (Wildman–Crippen MR) is 73.4 cm³/mol. The van der Waals surface area contributed by atoms with Crippen molar-refractivity contribution in [3.63, 3.8) is 0 Å². The van der Waals surface area contributed by atoms with Gasteiger partial charge in [-0.25, -0.2) is 9.59 Å². The number of carbonyl (C=O) groups excluding carboxylic acids is 2. The zero-order valence-corrected chi connectivity index (χ0v) is 10.5. The third kappa shape index (κ3) is 6.51. The van der Waals surface area contributed by atoms with Crippen LogP contribution in [0.2, 0.25) is 0 Å². The molecule has 8 heteroatoms. The van der Waals surface area contributed by atoms with Crippen molar-refractivity contribution in [2.45, 2.75) is 30.7 Å². The van der Waals surface area contributed by atoms with Crippen molar-refractivity contribution in [1.29, 1.82) is 0 Å². The van der Waals surface area contributed by atoms with E-state index in [2.05, 4.69) is 5.32 Å². The number of hydrogen-bond donors (Lipinski definition) is 3. The molecular formula is C10H20N3NaO3S. The first kappa shape index (κ1) is 18.4. The van der Waals surface area contributed by atoms with Crippen LogP contribution in [0, 0.1) is 0 Å². The van der Waals surface area contributed by atoms with Gasteiger partial charge in [-0.1, -0.05) is 6.42 Å². The summed E-state index contributed by atoms with van der Waals surface area (Å²) in [6.45, 7) is 1.32. The van der Waals surface area contributed by atoms with E-state index in [1.165, 1.54) is 11.8 Å². The van der Waals surface area contributed by atoms with Crippen molar-refractivity contribution in [3.8, 4) is 0 Å². The van der Waals surface area contributed by atoms with Crippen molar-refractivity contribution in [2.75, 3.05) is 18.8 Å². The molecule has 0 bridgehead atoms. The summed E-state index contributed by atoms with van der Waals surface area (Å²) in [6.07, 6.45) is 2.07. The molecule has 1 rings (SSSR count). The molecule has 0 saturated carbocycles. The molecule has 5 N–H and O–H groups in total. The quantitative estimate of drug-likeness (QED) is 0.236. The van der Waals surface area contributed by atoms with Gasteiger partial charge in [0.1, 0.15) is 6.04 Å². The minimum absolute atomic E-state index is 0. The molecule has 18 heavy (non-hydrogen) atoms. The number of rotatable bonds is 6. The van der Waals surface area contributed by atoms with E-state index < -0.39 is 23.4 Å². The summed E-state index contributed by atoms with van der Waals surface area (Å²) < 4.78 is 4.71. The molecule has 0 radical (unpaired) electrons. The fourth-order valence-corrected chi connectivity index (χ4v) is 2.32. The molecule has 1 aliphatic rings. The normalized spacial score (nSPS) is 20.0. The molecule has 0 amide bonds. The summed E-state index contributed by atoms with van der Waals surface area (Å²) in [6, 6.07) is -0.739. The van der Waals surface area contributed by atoms with Gasteiger partial charge in [0.2, 0.25) is 0 Å². The Morgan fingerprint density at radius 2 is 2.17 bits per heavy atom. The zero-order valence-electron chi connectivity index (χ0n) is 9.69. The Bertz CT molecular complexity index is 275. The monoisotopic (exact) mass is 285 g/mol. The van der Waals surface area contributed by atoms with Crippen molar-refractivity contribution >= 4 is 53.3 Å². The Hall–Kier alpha value is 0.370. The molecule has 1 unspecified atom stereocenters. The van der Waals surface area contributed by atoms with E-state index in [1.807, 2.05) is 0 Å². The molecule has 0 aromatic carbocycles. The van der Waals surface area contributed by atoms with Crippen LogP contribution in [0.15, 0.2) is 0 Å². The second kappa shape index (κ2) is 10.2. The molecule has 0 aliphatic carbocycles. The van der Waals surface area contributed by atoms with Crippen LogP contribution >= 0.6 is 11.8 Å². The maximum absolute atomic E-state index is 11.5. The second-order valence-electron chi connectivity index (χ2n) is 3.84. The number of unbranched alkanes of at least 4 members (excludes halogenated alkanes) is 1. The molecule has 0 aromatic heterocycles. The van der Waals surface area contributed by atoms with E-state index in [0.29, 0.717) is 13.0 Å². The van der Waals surface area contributed by atoms with Crippen LogP contribution < -0.4 is 16.8 Å². The van der Waals surface area contributed by atoms with Crippen LogP contribution in [-0.4, -0.2) is 71.8 Å². The van der Waals surface area contributed by atoms with Gasteiger partial charge in [0.25, 0.3) is 0 Å². The fourth-order valence-electron chi connectivity index (χ4n) is 1.43. The summed E-state index contributed by atoms with van der Waals surface area (Å²) in [5.41, 5.74) is 10.9. The number of carbonyl (C=O) groups is 2. The van der Waals surface area contributed by atoms with Gasteiger partial charge < -0.3 is 16.2 Å². The molecule has 0 spiro atoms. The van der Waals surface area contributed by atoms with Gasteiger partial charge in [-0.05, 0) is 19.4 Å². The topological polar surface area (TPSA) is 107 Å². The summed E-state index contributed by atoms with van der Waals surface area (Å²) in [7, 11) is 0. The average Bonchev–Trinajstić information content (AvgIpc) is 2.82. The van der Waals surface area contributed by atoms with E-state index in [4.69, 9.17) is 16.2 Å². The van der Waals surface area contributed by atoms with Crippen molar-refractivity contribution < 1.29 is 14.3 Å². The van der Waals surface area contributed by atoms with Gasteiger partial charge in [-0.3, -0.25) is 5.32 Å². The SMILES string of the molecule is NCCCC[C@H](N)C(=O)OC(=O)C1NCCS1.[NaH]. The first-order chi connectivity index (χ1) is 8.15. The summed E-state index contributed by atoms with van der Waals surface area (Å²) in [4.78, 5) is 23.0. The Morgan fingerprint density at radius 1 is 1.44 bits per heavy atom. The van der Waals surface area contributed by atoms with Crippen molar-refractivity contribution in [3.05, 3.63) is 0 Å². The molecule has 1 saturated heterocycles. The van der Waals surface area contributed by atoms with Crippen LogP contribution in [0.4, 0.5) is 0 Å². The number of hydrogen-bond acceptors (Lipinski definition) is 7. The second-order valence-corrected chi connectivity index (χ2v) is 5.05. The molecule has 1 fully saturated rings.